The molecule has 0 fully saturated rings. The maximum atomic E-state index is 5.58. The number of nitrogens with zero attached hydrogens (tertiary/aromatic N) is 3. The minimum absolute atomic E-state index is 0.491. The molecule has 14 heavy (non-hydrogen) atoms. The summed E-state index contributed by atoms with van der Waals surface area (Å²) in [6, 6.07) is 0. The van der Waals surface area contributed by atoms with Crippen LogP contribution in [0.2, 0.25) is 0 Å². The number of nitrogens with two attached hydrogens (primary N) is 1. The molecule has 0 unspecified atom stereocenters. The Labute approximate surface area is 85.5 Å². The molecule has 0 aliphatic rings. The zero-order valence-electron chi connectivity index (χ0n) is 9.32. The van der Waals surface area contributed by atoms with Gasteiger partial charge in [0, 0.05) is 13.1 Å². The summed E-state index contributed by atoms with van der Waals surface area (Å²) in [4.78, 5) is 0. The Balaban J connectivity index is 2.71. The van der Waals surface area contributed by atoms with E-state index in [4.69, 9.17) is 5.73 Å². The summed E-state index contributed by atoms with van der Waals surface area (Å²) in [5.41, 5.74) is 7.71. The molecule has 0 spiro atoms. The molecule has 1 rings (SSSR count). The van der Waals surface area contributed by atoms with Crippen molar-refractivity contribution in [3.05, 3.63) is 11.4 Å². The molecular formula is C10H20N4. The van der Waals surface area contributed by atoms with Crippen molar-refractivity contribution in [3.8, 4) is 0 Å². The van der Waals surface area contributed by atoms with E-state index in [0.717, 1.165) is 25.1 Å². The Hall–Kier alpha value is -0.900. The van der Waals surface area contributed by atoms with E-state index >= 15 is 0 Å². The molecule has 1 aromatic heterocycles. The van der Waals surface area contributed by atoms with Crippen LogP contribution in [-0.4, -0.2) is 15.0 Å². The Morgan fingerprint density at radius 3 is 2.64 bits per heavy atom. The topological polar surface area (TPSA) is 56.7 Å². The molecule has 4 nitrogen and oxygen atoms in total. The Morgan fingerprint density at radius 1 is 1.43 bits per heavy atom. The Bertz CT molecular complexity index is 278. The number of aromatic nitrogens is 3. The second-order valence-electron chi connectivity index (χ2n) is 3.95. The number of hydrogen-bond acceptors (Lipinski definition) is 3. The van der Waals surface area contributed by atoms with Gasteiger partial charge in [-0.15, -0.1) is 5.10 Å². The number of hydrogen-bond donors (Lipinski definition) is 1. The van der Waals surface area contributed by atoms with Crippen molar-refractivity contribution >= 4 is 0 Å². The van der Waals surface area contributed by atoms with Crippen LogP contribution in [0.5, 0.6) is 0 Å². The lowest BCUT2D eigenvalue weighted by Crippen LogP contribution is -2.08. The molecule has 0 aliphatic carbocycles. The van der Waals surface area contributed by atoms with E-state index in [1.54, 1.807) is 0 Å². The van der Waals surface area contributed by atoms with E-state index in [2.05, 4.69) is 31.1 Å². The van der Waals surface area contributed by atoms with Crippen LogP contribution in [0, 0.1) is 5.92 Å². The van der Waals surface area contributed by atoms with Crippen LogP contribution in [0.3, 0.4) is 0 Å². The minimum Gasteiger partial charge on any atom is -0.325 e. The third-order valence-electron chi connectivity index (χ3n) is 2.36. The van der Waals surface area contributed by atoms with Crippen molar-refractivity contribution in [3.63, 3.8) is 0 Å². The summed E-state index contributed by atoms with van der Waals surface area (Å²) >= 11 is 0. The predicted octanol–water partition coefficient (Wildman–Crippen LogP) is 1.35. The highest BCUT2D eigenvalue weighted by Crippen LogP contribution is 2.08. The van der Waals surface area contributed by atoms with Gasteiger partial charge in [-0.1, -0.05) is 26.0 Å². The van der Waals surface area contributed by atoms with Gasteiger partial charge in [-0.25, -0.2) is 4.68 Å². The first-order valence-electron chi connectivity index (χ1n) is 5.30. The molecule has 0 bridgehead atoms. The highest BCUT2D eigenvalue weighted by Gasteiger charge is 2.09. The van der Waals surface area contributed by atoms with Crippen molar-refractivity contribution in [2.45, 2.75) is 46.7 Å². The summed E-state index contributed by atoms with van der Waals surface area (Å²) < 4.78 is 1.99. The summed E-state index contributed by atoms with van der Waals surface area (Å²) in [6.07, 6.45) is 2.10. The normalized spacial score (nSPS) is 11.2. The molecule has 0 amide bonds. The van der Waals surface area contributed by atoms with Crippen LogP contribution in [0.25, 0.3) is 0 Å². The smallest absolute Gasteiger partial charge is 0.0994 e. The zero-order chi connectivity index (χ0) is 10.6. The highest BCUT2D eigenvalue weighted by atomic mass is 15.4. The van der Waals surface area contributed by atoms with Gasteiger partial charge in [-0.2, -0.15) is 0 Å². The van der Waals surface area contributed by atoms with Gasteiger partial charge in [0.25, 0.3) is 0 Å². The van der Waals surface area contributed by atoms with Crippen LogP contribution >= 0.6 is 0 Å². The second kappa shape index (κ2) is 5.10. The number of aryl methyl sites for hydroxylation is 1. The van der Waals surface area contributed by atoms with Gasteiger partial charge in [0.1, 0.15) is 0 Å². The van der Waals surface area contributed by atoms with Crippen molar-refractivity contribution < 1.29 is 0 Å². The maximum Gasteiger partial charge on any atom is 0.0994 e. The van der Waals surface area contributed by atoms with Crippen molar-refractivity contribution in [1.82, 2.24) is 15.0 Å². The first kappa shape index (κ1) is 11.2. The van der Waals surface area contributed by atoms with Crippen LogP contribution in [0.1, 0.15) is 38.6 Å². The van der Waals surface area contributed by atoms with Crippen LogP contribution in [0.15, 0.2) is 0 Å². The standard InChI is InChI=1S/C10H20N4/c1-4-10-9(7-11)12-13-14(10)6-5-8(2)3/h8H,4-7,11H2,1-3H3. The fourth-order valence-electron chi connectivity index (χ4n) is 1.47. The van der Waals surface area contributed by atoms with Gasteiger partial charge >= 0.3 is 0 Å². The molecule has 0 aromatic carbocycles. The first-order chi connectivity index (χ1) is 6.69. The lowest BCUT2D eigenvalue weighted by molar-refractivity contribution is 0.468. The summed E-state index contributed by atoms with van der Waals surface area (Å²) in [6.45, 7) is 7.99. The van der Waals surface area contributed by atoms with Crippen LogP contribution in [0.4, 0.5) is 0 Å². The van der Waals surface area contributed by atoms with Gasteiger partial charge in [0.05, 0.1) is 11.4 Å². The molecule has 0 aliphatic heterocycles. The lowest BCUT2D eigenvalue weighted by atomic mass is 10.1. The van der Waals surface area contributed by atoms with Gasteiger partial charge in [0.15, 0.2) is 0 Å². The monoisotopic (exact) mass is 196 g/mol. The largest absolute Gasteiger partial charge is 0.325 e. The van der Waals surface area contributed by atoms with E-state index < -0.39 is 0 Å². The molecule has 1 aromatic rings. The maximum absolute atomic E-state index is 5.58. The molecule has 0 saturated carbocycles. The Morgan fingerprint density at radius 2 is 2.14 bits per heavy atom. The molecule has 1 heterocycles. The average molecular weight is 196 g/mol. The predicted molar refractivity (Wildman–Crippen MR) is 56.7 cm³/mol. The molecule has 0 saturated heterocycles. The van der Waals surface area contributed by atoms with E-state index in [0.29, 0.717) is 12.5 Å². The summed E-state index contributed by atoms with van der Waals surface area (Å²) in [7, 11) is 0. The third kappa shape index (κ3) is 2.54. The molecule has 0 radical (unpaired) electrons. The van der Waals surface area contributed by atoms with Crippen molar-refractivity contribution in [2.75, 3.05) is 0 Å². The molecule has 0 atom stereocenters. The lowest BCUT2D eigenvalue weighted by Gasteiger charge is -2.07. The minimum atomic E-state index is 0.491. The zero-order valence-corrected chi connectivity index (χ0v) is 9.32. The van der Waals surface area contributed by atoms with E-state index in [-0.39, 0.29) is 0 Å². The molecule has 80 valence electrons. The second-order valence-corrected chi connectivity index (χ2v) is 3.95. The van der Waals surface area contributed by atoms with Crippen molar-refractivity contribution in [2.24, 2.45) is 11.7 Å². The van der Waals surface area contributed by atoms with Crippen LogP contribution < -0.4 is 5.73 Å². The van der Waals surface area contributed by atoms with E-state index in [9.17, 15) is 0 Å². The molecule has 2 N–H and O–H groups in total. The van der Waals surface area contributed by atoms with Crippen LogP contribution in [-0.2, 0) is 19.5 Å². The number of rotatable bonds is 5. The van der Waals surface area contributed by atoms with Gasteiger partial charge < -0.3 is 5.73 Å². The fourth-order valence-corrected chi connectivity index (χ4v) is 1.47. The summed E-state index contributed by atoms with van der Waals surface area (Å²) in [5.74, 6) is 0.699. The average Bonchev–Trinajstić information content (AvgIpc) is 2.56. The summed E-state index contributed by atoms with van der Waals surface area (Å²) in [5, 5.41) is 8.19. The Kier molecular flexibility index (Phi) is 4.07. The quantitative estimate of drug-likeness (QED) is 0.773. The highest BCUT2D eigenvalue weighted by molar-refractivity contribution is 5.09. The van der Waals surface area contributed by atoms with Gasteiger partial charge in [-0.05, 0) is 18.8 Å². The van der Waals surface area contributed by atoms with Gasteiger partial charge in [-0.3, -0.25) is 0 Å². The van der Waals surface area contributed by atoms with E-state index in [1.165, 1.54) is 5.69 Å². The van der Waals surface area contributed by atoms with Gasteiger partial charge in [0.2, 0.25) is 0 Å². The molecular weight excluding hydrogens is 176 g/mol. The third-order valence-corrected chi connectivity index (χ3v) is 2.36. The van der Waals surface area contributed by atoms with Crippen molar-refractivity contribution in [1.29, 1.82) is 0 Å². The SMILES string of the molecule is CCc1c(CN)nnn1CCC(C)C. The molecule has 4 heteroatoms. The fraction of sp³-hybridized carbons (Fsp3) is 0.800. The van der Waals surface area contributed by atoms with E-state index in [1.807, 2.05) is 4.68 Å². The first-order valence-corrected chi connectivity index (χ1v) is 5.30.